The van der Waals surface area contributed by atoms with Gasteiger partial charge in [0.15, 0.2) is 5.69 Å². The first-order valence-corrected chi connectivity index (χ1v) is 6.32. The van der Waals surface area contributed by atoms with E-state index in [-0.39, 0.29) is 5.69 Å². The number of ether oxygens (including phenoxy) is 1. The van der Waals surface area contributed by atoms with Gasteiger partial charge >= 0.3 is 5.97 Å². The molecule has 2 aromatic rings. The molecule has 0 aliphatic rings. The molecule has 0 atom stereocenters. The molecule has 5 nitrogen and oxygen atoms in total. The molecule has 0 aliphatic carbocycles. The molecule has 19 heavy (non-hydrogen) atoms. The Morgan fingerprint density at radius 2 is 2.11 bits per heavy atom. The van der Waals surface area contributed by atoms with E-state index in [2.05, 4.69) is 24.2 Å². The van der Waals surface area contributed by atoms with Gasteiger partial charge in [-0.25, -0.2) is 9.48 Å². The summed E-state index contributed by atoms with van der Waals surface area (Å²) in [5.74, 6) is -0.0813. The highest BCUT2D eigenvalue weighted by atomic mass is 16.5. The molecule has 0 spiro atoms. The van der Waals surface area contributed by atoms with Gasteiger partial charge in [-0.1, -0.05) is 37.3 Å². The summed E-state index contributed by atoms with van der Waals surface area (Å²) in [7, 11) is 0. The molecular weight excluding hydrogens is 242 g/mol. The molecule has 0 aliphatic heterocycles. The molecule has 0 bridgehead atoms. The third kappa shape index (κ3) is 2.81. The Bertz CT molecular complexity index is 576. The summed E-state index contributed by atoms with van der Waals surface area (Å²) in [5, 5.41) is 7.85. The van der Waals surface area contributed by atoms with Crippen LogP contribution in [0.3, 0.4) is 0 Å². The highest BCUT2D eigenvalue weighted by Crippen LogP contribution is 2.22. The predicted molar refractivity (Wildman–Crippen MR) is 71.4 cm³/mol. The first-order chi connectivity index (χ1) is 9.13. The van der Waals surface area contributed by atoms with Gasteiger partial charge in [0.1, 0.15) is 0 Å². The number of hydrogen-bond acceptors (Lipinski definition) is 4. The van der Waals surface area contributed by atoms with Gasteiger partial charge in [-0.15, -0.1) is 5.10 Å². The van der Waals surface area contributed by atoms with Crippen LogP contribution in [0.25, 0.3) is 5.69 Å². The van der Waals surface area contributed by atoms with E-state index < -0.39 is 5.97 Å². The summed E-state index contributed by atoms with van der Waals surface area (Å²) in [6.07, 6.45) is 1.60. The summed E-state index contributed by atoms with van der Waals surface area (Å²) < 4.78 is 6.51. The topological polar surface area (TPSA) is 57.0 Å². The number of para-hydroxylation sites is 1. The molecule has 100 valence electrons. The first-order valence-electron chi connectivity index (χ1n) is 6.32. The lowest BCUT2D eigenvalue weighted by molar-refractivity contribution is 0.0519. The SMILES string of the molecule is CCOC(=O)c1cn(-c2ccccc2C(C)C)nn1. The van der Waals surface area contributed by atoms with Crippen molar-refractivity contribution in [2.24, 2.45) is 0 Å². The third-order valence-electron chi connectivity index (χ3n) is 2.78. The summed E-state index contributed by atoms with van der Waals surface area (Å²) in [4.78, 5) is 11.6. The minimum Gasteiger partial charge on any atom is -0.461 e. The predicted octanol–water partition coefficient (Wildman–Crippen LogP) is 2.57. The zero-order chi connectivity index (χ0) is 13.8. The highest BCUT2D eigenvalue weighted by molar-refractivity contribution is 5.86. The van der Waals surface area contributed by atoms with Crippen molar-refractivity contribution >= 4 is 5.97 Å². The summed E-state index contributed by atoms with van der Waals surface area (Å²) in [6, 6.07) is 7.93. The Kier molecular flexibility index (Phi) is 3.94. The lowest BCUT2D eigenvalue weighted by Gasteiger charge is -2.11. The van der Waals surface area contributed by atoms with Crippen LogP contribution in [-0.4, -0.2) is 27.6 Å². The molecule has 0 radical (unpaired) electrons. The molecule has 0 amide bonds. The average Bonchev–Trinajstić information content (AvgIpc) is 2.88. The van der Waals surface area contributed by atoms with Crippen LogP contribution in [-0.2, 0) is 4.74 Å². The fraction of sp³-hybridized carbons (Fsp3) is 0.357. The number of esters is 1. The Morgan fingerprint density at radius 3 is 2.79 bits per heavy atom. The molecule has 2 rings (SSSR count). The van der Waals surface area contributed by atoms with Crippen LogP contribution in [0.1, 0.15) is 42.7 Å². The number of rotatable bonds is 4. The fourth-order valence-electron chi connectivity index (χ4n) is 1.86. The van der Waals surface area contributed by atoms with Crippen LogP contribution >= 0.6 is 0 Å². The number of benzene rings is 1. The maximum atomic E-state index is 11.6. The van der Waals surface area contributed by atoms with E-state index in [1.165, 1.54) is 0 Å². The standard InChI is InChI=1S/C14H17N3O2/c1-4-19-14(18)12-9-17(16-15-12)13-8-6-5-7-11(13)10(2)3/h5-10H,4H2,1-3H3. The van der Waals surface area contributed by atoms with Crippen LogP contribution in [0.15, 0.2) is 30.5 Å². The van der Waals surface area contributed by atoms with Crippen LogP contribution in [0.4, 0.5) is 0 Å². The lowest BCUT2D eigenvalue weighted by Crippen LogP contribution is -2.05. The monoisotopic (exact) mass is 259 g/mol. The van der Waals surface area contributed by atoms with Crippen LogP contribution in [0, 0.1) is 0 Å². The van der Waals surface area contributed by atoms with Crippen molar-refractivity contribution in [2.75, 3.05) is 6.61 Å². The van der Waals surface area contributed by atoms with Crippen molar-refractivity contribution in [3.05, 3.63) is 41.7 Å². The summed E-state index contributed by atoms with van der Waals surface area (Å²) in [6.45, 7) is 6.31. The number of nitrogens with zero attached hydrogens (tertiary/aromatic N) is 3. The van der Waals surface area contributed by atoms with Gasteiger partial charge in [-0.2, -0.15) is 0 Å². The molecule has 1 aromatic carbocycles. The van der Waals surface area contributed by atoms with Gasteiger partial charge in [-0.3, -0.25) is 0 Å². The maximum absolute atomic E-state index is 11.6. The Morgan fingerprint density at radius 1 is 1.37 bits per heavy atom. The second-order valence-corrected chi connectivity index (χ2v) is 4.48. The number of aromatic nitrogens is 3. The zero-order valence-corrected chi connectivity index (χ0v) is 11.3. The molecule has 1 heterocycles. The van der Waals surface area contributed by atoms with Crippen LogP contribution in [0.5, 0.6) is 0 Å². The Labute approximate surface area is 112 Å². The molecule has 1 aromatic heterocycles. The number of carbonyl (C=O) groups excluding carboxylic acids is 1. The Balaban J connectivity index is 2.36. The summed E-state index contributed by atoms with van der Waals surface area (Å²) in [5.41, 5.74) is 2.31. The van der Waals surface area contributed by atoms with Crippen molar-refractivity contribution < 1.29 is 9.53 Å². The van der Waals surface area contributed by atoms with Gasteiger partial charge in [0.2, 0.25) is 0 Å². The largest absolute Gasteiger partial charge is 0.461 e. The molecule has 0 saturated heterocycles. The normalized spacial score (nSPS) is 10.7. The Hall–Kier alpha value is -2.17. The van der Waals surface area contributed by atoms with Gasteiger partial charge in [0, 0.05) is 0 Å². The minimum atomic E-state index is -0.448. The van der Waals surface area contributed by atoms with Crippen molar-refractivity contribution in [1.82, 2.24) is 15.0 Å². The molecule has 0 saturated carbocycles. The van der Waals surface area contributed by atoms with Crippen LogP contribution < -0.4 is 0 Å². The van der Waals surface area contributed by atoms with E-state index in [1.807, 2.05) is 24.3 Å². The number of hydrogen-bond donors (Lipinski definition) is 0. The van der Waals surface area contributed by atoms with Crippen molar-refractivity contribution in [3.63, 3.8) is 0 Å². The van der Waals surface area contributed by atoms with E-state index in [1.54, 1.807) is 17.8 Å². The van der Waals surface area contributed by atoms with E-state index >= 15 is 0 Å². The van der Waals surface area contributed by atoms with Crippen molar-refractivity contribution in [3.8, 4) is 5.69 Å². The first kappa shape index (κ1) is 13.3. The number of carbonyl (C=O) groups is 1. The molecule has 5 heteroatoms. The third-order valence-corrected chi connectivity index (χ3v) is 2.78. The van der Waals surface area contributed by atoms with Gasteiger partial charge in [-0.05, 0) is 24.5 Å². The second-order valence-electron chi connectivity index (χ2n) is 4.48. The minimum absolute atomic E-state index is 0.223. The van der Waals surface area contributed by atoms with Crippen molar-refractivity contribution in [1.29, 1.82) is 0 Å². The van der Waals surface area contributed by atoms with E-state index in [4.69, 9.17) is 4.74 Å². The molecule has 0 unspecified atom stereocenters. The summed E-state index contributed by atoms with van der Waals surface area (Å²) >= 11 is 0. The van der Waals surface area contributed by atoms with E-state index in [9.17, 15) is 4.79 Å². The second kappa shape index (κ2) is 5.65. The smallest absolute Gasteiger partial charge is 0.360 e. The molecule has 0 N–H and O–H groups in total. The quantitative estimate of drug-likeness (QED) is 0.792. The fourth-order valence-corrected chi connectivity index (χ4v) is 1.86. The molecular formula is C14H17N3O2. The lowest BCUT2D eigenvalue weighted by atomic mass is 10.0. The van der Waals surface area contributed by atoms with Gasteiger partial charge in [0.25, 0.3) is 0 Å². The molecule has 0 fully saturated rings. The highest BCUT2D eigenvalue weighted by Gasteiger charge is 2.14. The van der Waals surface area contributed by atoms with E-state index in [0.29, 0.717) is 12.5 Å². The van der Waals surface area contributed by atoms with Gasteiger partial charge in [0.05, 0.1) is 18.5 Å². The van der Waals surface area contributed by atoms with E-state index in [0.717, 1.165) is 11.3 Å². The average molecular weight is 259 g/mol. The van der Waals surface area contributed by atoms with Gasteiger partial charge < -0.3 is 4.74 Å². The maximum Gasteiger partial charge on any atom is 0.360 e. The zero-order valence-electron chi connectivity index (χ0n) is 11.3. The van der Waals surface area contributed by atoms with Crippen molar-refractivity contribution in [2.45, 2.75) is 26.7 Å². The van der Waals surface area contributed by atoms with Crippen LogP contribution in [0.2, 0.25) is 0 Å².